The number of benzene rings is 1. The first-order valence-corrected chi connectivity index (χ1v) is 8.08. The van der Waals surface area contributed by atoms with Crippen LogP contribution in [-0.2, 0) is 0 Å². The molecule has 1 aliphatic heterocycles. The van der Waals surface area contributed by atoms with Crippen LogP contribution in [0.4, 0.5) is 11.4 Å². The summed E-state index contributed by atoms with van der Waals surface area (Å²) in [7, 11) is 0. The predicted octanol–water partition coefficient (Wildman–Crippen LogP) is 3.83. The van der Waals surface area contributed by atoms with Crippen molar-refractivity contribution >= 4 is 11.4 Å². The van der Waals surface area contributed by atoms with Crippen molar-refractivity contribution in [2.75, 3.05) is 23.8 Å². The summed E-state index contributed by atoms with van der Waals surface area (Å²) >= 11 is 0. The van der Waals surface area contributed by atoms with Crippen molar-refractivity contribution in [1.82, 2.24) is 0 Å². The molecule has 1 aromatic rings. The van der Waals surface area contributed by atoms with Crippen molar-refractivity contribution in [3.63, 3.8) is 0 Å². The number of hydrogen-bond acceptors (Lipinski definition) is 3. The van der Waals surface area contributed by atoms with E-state index in [1.807, 2.05) is 6.07 Å². The number of piperidine rings is 1. The molecule has 3 nitrogen and oxygen atoms in total. The summed E-state index contributed by atoms with van der Waals surface area (Å²) in [5.74, 6) is 1.81. The Morgan fingerprint density at radius 1 is 1.20 bits per heavy atom. The largest absolute Gasteiger partial charge is 0.493 e. The summed E-state index contributed by atoms with van der Waals surface area (Å²) < 4.78 is 5.77. The lowest BCUT2D eigenvalue weighted by atomic mass is 9.91. The third kappa shape index (κ3) is 2.72. The molecule has 0 spiro atoms. The number of fused-ring (bicyclic) bond motifs is 1. The highest BCUT2D eigenvalue weighted by Gasteiger charge is 2.35. The van der Waals surface area contributed by atoms with Gasteiger partial charge in [0.15, 0.2) is 0 Å². The molecule has 0 aromatic heterocycles. The lowest BCUT2D eigenvalue weighted by Gasteiger charge is -2.39. The molecule has 2 unspecified atom stereocenters. The zero-order valence-electron chi connectivity index (χ0n) is 12.5. The average Bonchev–Trinajstić information content (AvgIpc) is 2.92. The number of nitrogens with two attached hydrogens (primary N) is 1. The Bertz CT molecular complexity index is 460. The van der Waals surface area contributed by atoms with Gasteiger partial charge < -0.3 is 15.4 Å². The summed E-state index contributed by atoms with van der Waals surface area (Å²) in [5.41, 5.74) is 8.14. The minimum atomic E-state index is 0.726. The molecule has 1 aliphatic carbocycles. The fourth-order valence-corrected chi connectivity index (χ4v) is 3.85. The Morgan fingerprint density at radius 3 is 2.90 bits per heavy atom. The Kier molecular flexibility index (Phi) is 4.04. The Balaban J connectivity index is 1.82. The van der Waals surface area contributed by atoms with Crippen molar-refractivity contribution < 1.29 is 4.74 Å². The highest BCUT2D eigenvalue weighted by Crippen LogP contribution is 2.40. The number of ether oxygens (including phenoxy) is 1. The second kappa shape index (κ2) is 5.94. The van der Waals surface area contributed by atoms with Gasteiger partial charge in [-0.3, -0.25) is 0 Å². The quantitative estimate of drug-likeness (QED) is 0.848. The minimum absolute atomic E-state index is 0.726. The van der Waals surface area contributed by atoms with Crippen molar-refractivity contribution in [3.8, 4) is 5.75 Å². The first kappa shape index (κ1) is 13.6. The zero-order chi connectivity index (χ0) is 13.9. The van der Waals surface area contributed by atoms with Gasteiger partial charge in [0, 0.05) is 36.1 Å². The molecule has 2 atom stereocenters. The molecule has 2 N–H and O–H groups in total. The van der Waals surface area contributed by atoms with Crippen LogP contribution in [0, 0.1) is 5.92 Å². The number of anilines is 2. The fraction of sp³-hybridized carbons (Fsp3) is 0.647. The molecule has 3 heteroatoms. The van der Waals surface area contributed by atoms with Gasteiger partial charge in [-0.05, 0) is 44.1 Å². The van der Waals surface area contributed by atoms with E-state index < -0.39 is 0 Å². The van der Waals surface area contributed by atoms with Crippen molar-refractivity contribution in [2.24, 2.45) is 5.92 Å². The normalized spacial score (nSPS) is 25.6. The summed E-state index contributed by atoms with van der Waals surface area (Å²) in [6.45, 7) is 4.05. The number of hydrogen-bond donors (Lipinski definition) is 1. The van der Waals surface area contributed by atoms with Crippen LogP contribution in [0.15, 0.2) is 18.2 Å². The van der Waals surface area contributed by atoms with E-state index in [2.05, 4.69) is 24.0 Å². The van der Waals surface area contributed by atoms with E-state index in [-0.39, 0.29) is 0 Å². The van der Waals surface area contributed by atoms with E-state index in [1.165, 1.54) is 37.8 Å². The molecule has 0 radical (unpaired) electrons. The maximum Gasteiger partial charge on any atom is 0.123 e. The van der Waals surface area contributed by atoms with Crippen LogP contribution in [0.1, 0.15) is 45.4 Å². The maximum atomic E-state index is 6.07. The van der Waals surface area contributed by atoms with Gasteiger partial charge >= 0.3 is 0 Å². The fourth-order valence-electron chi connectivity index (χ4n) is 3.85. The molecule has 110 valence electrons. The summed E-state index contributed by atoms with van der Waals surface area (Å²) in [5, 5.41) is 0. The van der Waals surface area contributed by atoms with Crippen LogP contribution >= 0.6 is 0 Å². The van der Waals surface area contributed by atoms with Gasteiger partial charge in [0.2, 0.25) is 0 Å². The van der Waals surface area contributed by atoms with E-state index in [1.54, 1.807) is 0 Å². The lowest BCUT2D eigenvalue weighted by Crippen LogP contribution is -2.42. The van der Waals surface area contributed by atoms with Gasteiger partial charge in [0.05, 0.1) is 6.61 Å². The smallest absolute Gasteiger partial charge is 0.123 e. The Hall–Kier alpha value is -1.38. The van der Waals surface area contributed by atoms with Gasteiger partial charge in [-0.1, -0.05) is 13.3 Å². The van der Waals surface area contributed by atoms with Gasteiger partial charge in [-0.2, -0.15) is 0 Å². The predicted molar refractivity (Wildman–Crippen MR) is 84.3 cm³/mol. The SMILES string of the molecule is CCCOc1cc(N)cc(N2CCCC3CCCC32)c1. The standard InChI is InChI=1S/C17H26N2O/c1-2-9-20-16-11-14(18)10-15(12-16)19-8-4-6-13-5-3-7-17(13)19/h10-13,17H,2-9,18H2,1H3. The number of nitrogen functional groups attached to an aromatic ring is 1. The van der Waals surface area contributed by atoms with Crippen LogP contribution in [0.5, 0.6) is 5.75 Å². The van der Waals surface area contributed by atoms with Crippen LogP contribution in [0.2, 0.25) is 0 Å². The molecular weight excluding hydrogens is 248 g/mol. The summed E-state index contributed by atoms with van der Waals surface area (Å²) in [4.78, 5) is 2.58. The van der Waals surface area contributed by atoms with Crippen LogP contribution in [-0.4, -0.2) is 19.2 Å². The maximum absolute atomic E-state index is 6.07. The third-order valence-electron chi connectivity index (χ3n) is 4.71. The molecule has 1 heterocycles. The van der Waals surface area contributed by atoms with Gasteiger partial charge in [-0.25, -0.2) is 0 Å². The first-order valence-electron chi connectivity index (χ1n) is 8.08. The highest BCUT2D eigenvalue weighted by atomic mass is 16.5. The minimum Gasteiger partial charge on any atom is -0.493 e. The van der Waals surface area contributed by atoms with Gasteiger partial charge in [0.25, 0.3) is 0 Å². The lowest BCUT2D eigenvalue weighted by molar-refractivity contribution is 0.317. The van der Waals surface area contributed by atoms with E-state index in [0.29, 0.717) is 0 Å². The molecule has 3 rings (SSSR count). The zero-order valence-corrected chi connectivity index (χ0v) is 12.5. The molecule has 0 amide bonds. The topological polar surface area (TPSA) is 38.5 Å². The monoisotopic (exact) mass is 274 g/mol. The molecule has 1 saturated carbocycles. The van der Waals surface area contributed by atoms with Crippen molar-refractivity contribution in [2.45, 2.75) is 51.5 Å². The van der Waals surface area contributed by atoms with Crippen LogP contribution < -0.4 is 15.4 Å². The van der Waals surface area contributed by atoms with Crippen molar-refractivity contribution in [3.05, 3.63) is 18.2 Å². The second-order valence-electron chi connectivity index (χ2n) is 6.20. The average molecular weight is 274 g/mol. The van der Waals surface area contributed by atoms with E-state index >= 15 is 0 Å². The molecule has 20 heavy (non-hydrogen) atoms. The number of rotatable bonds is 4. The molecule has 1 aromatic carbocycles. The van der Waals surface area contributed by atoms with Crippen LogP contribution in [0.3, 0.4) is 0 Å². The first-order chi connectivity index (χ1) is 9.78. The van der Waals surface area contributed by atoms with Gasteiger partial charge in [-0.15, -0.1) is 0 Å². The second-order valence-corrected chi connectivity index (χ2v) is 6.20. The van der Waals surface area contributed by atoms with Gasteiger partial charge in [0.1, 0.15) is 5.75 Å². The molecular formula is C17H26N2O. The Morgan fingerprint density at radius 2 is 2.05 bits per heavy atom. The summed E-state index contributed by atoms with van der Waals surface area (Å²) in [6, 6.07) is 6.95. The Labute approximate surface area is 122 Å². The van der Waals surface area contributed by atoms with Crippen LogP contribution in [0.25, 0.3) is 0 Å². The molecule has 0 bridgehead atoms. The van der Waals surface area contributed by atoms with E-state index in [4.69, 9.17) is 10.5 Å². The van der Waals surface area contributed by atoms with Crippen molar-refractivity contribution in [1.29, 1.82) is 0 Å². The molecule has 2 aliphatic rings. The number of nitrogens with zero attached hydrogens (tertiary/aromatic N) is 1. The van der Waals surface area contributed by atoms with E-state index in [9.17, 15) is 0 Å². The summed E-state index contributed by atoms with van der Waals surface area (Å²) in [6.07, 6.45) is 7.86. The molecule has 1 saturated heterocycles. The van der Waals surface area contributed by atoms with E-state index in [0.717, 1.165) is 43.0 Å². The highest BCUT2D eigenvalue weighted by molar-refractivity contribution is 5.61. The molecule has 2 fully saturated rings. The third-order valence-corrected chi connectivity index (χ3v) is 4.71.